The number of ether oxygens (including phenoxy) is 15. The van der Waals surface area contributed by atoms with Gasteiger partial charge in [-0.1, -0.05) is 0 Å². The molecule has 0 spiro atoms. The molecule has 0 aliphatic carbocycles. The molecule has 0 amide bonds. The van der Waals surface area contributed by atoms with Crippen molar-refractivity contribution in [2.24, 2.45) is 0 Å². The third-order valence-electron chi connectivity index (χ3n) is 16.3. The third-order valence-corrected chi connectivity index (χ3v) is 16.3. The summed E-state index contributed by atoms with van der Waals surface area (Å²) in [7, 11) is 0. The van der Waals surface area contributed by atoms with E-state index < -0.39 is 293 Å². The van der Waals surface area contributed by atoms with Gasteiger partial charge >= 0.3 is 236 Å². The van der Waals surface area contributed by atoms with Crippen molar-refractivity contribution in [1.29, 1.82) is 0 Å². The zero-order chi connectivity index (χ0) is 72.3. The van der Waals surface area contributed by atoms with Crippen LogP contribution in [0.3, 0.4) is 0 Å². The molecule has 8 aliphatic rings. The first-order chi connectivity index (χ1) is 45.2. The average Bonchev–Trinajstić information content (AvgIpc) is 0.770. The summed E-state index contributed by atoms with van der Waals surface area (Å²) in [6.07, 6.45) is -107. The summed E-state index contributed by atoms with van der Waals surface area (Å²) in [4.78, 5) is 97.7. The number of carbonyl (C=O) groups excluding carboxylic acids is 8. The van der Waals surface area contributed by atoms with E-state index in [2.05, 4.69) is 4.74 Å². The van der Waals surface area contributed by atoms with Crippen LogP contribution in [0.25, 0.3) is 0 Å². The van der Waals surface area contributed by atoms with Crippen LogP contribution in [0.1, 0.15) is 0 Å². The van der Waals surface area contributed by atoms with Crippen molar-refractivity contribution in [2.45, 2.75) is 246 Å². The molecule has 8 heterocycles. The summed E-state index contributed by atoms with van der Waals surface area (Å²) < 4.78 is 76.2. The molecule has 552 valence electrons. The van der Waals surface area contributed by atoms with E-state index in [-0.39, 0.29) is 236 Å². The smallest absolute Gasteiger partial charge is 0.547 e. The van der Waals surface area contributed by atoms with Gasteiger partial charge in [-0.2, -0.15) is 0 Å². The number of carbonyl (C=O) groups is 8. The fourth-order valence-corrected chi connectivity index (χ4v) is 11.2. The molecule has 0 saturated carbocycles. The molecule has 49 nitrogen and oxygen atoms in total. The van der Waals surface area contributed by atoms with Crippen LogP contribution in [-0.4, -0.2) is 385 Å². The molecule has 18 N–H and O–H groups in total. The molecule has 0 aromatic carbocycles. The number of hydrogen-bond donors (Lipinski definition) is 18. The van der Waals surface area contributed by atoms with Gasteiger partial charge in [0.2, 0.25) is 0 Å². The van der Waals surface area contributed by atoms with E-state index in [4.69, 9.17) is 66.3 Å². The summed E-state index contributed by atoms with van der Waals surface area (Å²) in [5, 5.41) is 291. The van der Waals surface area contributed by atoms with E-state index in [0.29, 0.717) is 0 Å². The van der Waals surface area contributed by atoms with Gasteiger partial charge in [0, 0.05) is 0 Å². The fraction of sp³-hybridized carbons (Fsp3) is 0.833. The molecular formula is C48H58Na8O49. The maximum absolute atomic E-state index is 12.5. The van der Waals surface area contributed by atoms with Crippen LogP contribution in [0.4, 0.5) is 0 Å². The minimum Gasteiger partial charge on any atom is -0.547 e. The molecule has 105 heavy (non-hydrogen) atoms. The SMILES string of the molecule is O=C([O-])[C@@H]1O[C@@H](O[C@H]2[C@H](O)[C@H](O)[C@H](O[C@H]3[C@H](O)[C@H](O)[C@H](O[C@H]4[C@H](O)[C@H](O)[C@H](O[C@H]5[C@H](O)[C@H](O)[C@H](O[C@H]6[C@H](O)[C@H](O)[C@H](O[C@H]7[C@H](O)[C@H](O)[C@H](O[C@H]8[C@H](O)[C@H](O)[C@H](O)O[C@H]8C(=O)[O-])O[C@H]7C(=O)[O-])O[C@H]6C(=O)[O-])O[C@H]5C(=O)[O-])O[C@H]4C(=O)[O-])O[C@H]3C(=O)[O-])O[C@H]2C(=O)[O-])[C@@H](O)[C@@H](O)[C@@H]1O.[Na+].[Na+].[Na+].[Na+].[Na+].[Na+].[Na+].[Na+]. The van der Waals surface area contributed by atoms with Crippen LogP contribution in [0.15, 0.2) is 0 Å². The van der Waals surface area contributed by atoms with Gasteiger partial charge in [-0.15, -0.1) is 0 Å². The van der Waals surface area contributed by atoms with Crippen LogP contribution in [0, 0.1) is 0 Å². The minimum atomic E-state index is -2.92. The number of rotatable bonds is 22. The van der Waals surface area contributed by atoms with Gasteiger partial charge in [-0.3, -0.25) is 0 Å². The number of aliphatic hydroxyl groups is 18. The van der Waals surface area contributed by atoms with E-state index in [1.807, 2.05) is 0 Å². The number of carboxylic acids is 8. The second kappa shape index (κ2) is 45.4. The van der Waals surface area contributed by atoms with Crippen LogP contribution in [0.2, 0.25) is 0 Å². The third kappa shape index (κ3) is 23.5. The first kappa shape index (κ1) is 107. The van der Waals surface area contributed by atoms with Crippen LogP contribution in [0.5, 0.6) is 0 Å². The average molecular weight is 1600 g/mol. The predicted molar refractivity (Wildman–Crippen MR) is 248 cm³/mol. The van der Waals surface area contributed by atoms with Gasteiger partial charge in [-0.25, -0.2) is 0 Å². The number of carboxylic acid groups (broad SMARTS) is 8. The maximum atomic E-state index is 12.5. The predicted octanol–water partition coefficient (Wildman–Crippen LogP) is -52.4. The molecule has 8 aliphatic heterocycles. The number of aliphatic hydroxyl groups excluding tert-OH is 18. The van der Waals surface area contributed by atoms with E-state index in [1.165, 1.54) is 0 Å². The second-order valence-electron chi connectivity index (χ2n) is 22.5. The van der Waals surface area contributed by atoms with E-state index in [0.717, 1.165) is 0 Å². The summed E-state index contributed by atoms with van der Waals surface area (Å²) in [6, 6.07) is 0. The molecule has 40 atom stereocenters. The molecule has 0 radical (unpaired) electrons. The van der Waals surface area contributed by atoms with E-state index in [1.54, 1.807) is 0 Å². The van der Waals surface area contributed by atoms with Crippen molar-refractivity contribution in [2.75, 3.05) is 0 Å². The van der Waals surface area contributed by atoms with Gasteiger partial charge in [0.1, 0.15) is 195 Å². The molecule has 0 bridgehead atoms. The fourth-order valence-electron chi connectivity index (χ4n) is 11.2. The van der Waals surface area contributed by atoms with E-state index in [9.17, 15) is 171 Å². The second-order valence-corrected chi connectivity index (χ2v) is 22.5. The Labute approximate surface area is 762 Å². The quantitative estimate of drug-likeness (QED) is 0.0448. The first-order valence-electron chi connectivity index (χ1n) is 28.0. The Kier molecular flexibility index (Phi) is 46.5. The molecule has 8 saturated heterocycles. The number of aliphatic carboxylic acids is 8. The molecule has 57 heteroatoms. The van der Waals surface area contributed by atoms with Crippen molar-refractivity contribution in [3.8, 4) is 0 Å². The Morgan fingerprint density at radius 1 is 0.181 bits per heavy atom. The Hall–Kier alpha value is 2.44. The van der Waals surface area contributed by atoms with E-state index >= 15 is 0 Å². The van der Waals surface area contributed by atoms with Crippen LogP contribution >= 0.6 is 0 Å². The minimum absolute atomic E-state index is 0. The molecule has 8 rings (SSSR count). The van der Waals surface area contributed by atoms with Gasteiger partial charge in [0.05, 0.1) is 47.8 Å². The Balaban J connectivity index is 0.0000135. The van der Waals surface area contributed by atoms with Crippen molar-refractivity contribution in [3.05, 3.63) is 0 Å². The van der Waals surface area contributed by atoms with Gasteiger partial charge < -0.3 is 242 Å². The summed E-state index contributed by atoms with van der Waals surface area (Å²) in [5.74, 6) is -19.1. The van der Waals surface area contributed by atoms with Crippen molar-refractivity contribution in [1.82, 2.24) is 0 Å². The molecular weight excluding hydrogens is 1540 g/mol. The van der Waals surface area contributed by atoms with Crippen LogP contribution < -0.4 is 277 Å². The zero-order valence-corrected chi connectivity index (χ0v) is 71.8. The molecule has 8 fully saturated rings. The van der Waals surface area contributed by atoms with Crippen molar-refractivity contribution >= 4 is 47.8 Å². The molecule has 0 unspecified atom stereocenters. The Bertz CT molecular complexity index is 2860. The topological polar surface area (TPSA) is 824 Å². The van der Waals surface area contributed by atoms with Gasteiger partial charge in [0.25, 0.3) is 0 Å². The number of hydrogen-bond acceptors (Lipinski definition) is 49. The monoisotopic (exact) mass is 1600 g/mol. The van der Waals surface area contributed by atoms with Gasteiger partial charge in [-0.05, 0) is 0 Å². The summed E-state index contributed by atoms with van der Waals surface area (Å²) >= 11 is 0. The Morgan fingerprint density at radius 3 is 0.476 bits per heavy atom. The maximum Gasteiger partial charge on any atom is 1.00 e. The van der Waals surface area contributed by atoms with Crippen LogP contribution in [-0.2, 0) is 109 Å². The first-order valence-corrected chi connectivity index (χ1v) is 28.0. The zero-order valence-electron chi connectivity index (χ0n) is 55.8. The standard InChI is InChI=1S/C48H66O49.8Na/c49-1-2(50)25(33(66)67)91-42(11(1)59)85-19-4(52)13(61)44(93-27(19)35(70)71)87-21-6(54)15(63)46(95-29(21)37(74)75)89-23-8(56)17(65)48(97-31(23)39(78)79)90-24-9(57)16(64)47(96-32(24)40(80)81)88-22-7(55)14(62)45(94-30(22)38(76)77)86-20-5(53)12(60)43(92-28(20)36(72)73)84-18-3(51)10(58)41(82)83-26(18)34(68)69;;;;;;;;/h1-32,41-65,82H,(H,66,67)(H,68,69)(H,70,71)(H,72,73)(H,74,75)(H,76,77)(H,78,79)(H,80,81);;;;;;;;/q;8*+1/p-8/t1-,2-,3+,4+,5+,6+,7+,8+,9+,10-,11-,12-,13-,14-,15-,16-,17-,18-,19-,20-,21-,22-,23-,24-,25+,26+,27+,28+,29+,30+,31+,32+,41+,42+,43+,44+,45+,46+,47+,48+;;;;;;;;/m0......../s1. The van der Waals surface area contributed by atoms with Gasteiger partial charge in [0.15, 0.2) is 50.3 Å². The summed E-state index contributed by atoms with van der Waals surface area (Å²) in [5.41, 5.74) is 0. The van der Waals surface area contributed by atoms with Crippen molar-refractivity contribution in [3.63, 3.8) is 0 Å². The normalized spacial score (nSPS) is 46.0. The summed E-state index contributed by atoms with van der Waals surface area (Å²) in [6.45, 7) is 0. The molecule has 0 aromatic heterocycles. The largest absolute Gasteiger partial charge is 1.00 e. The Morgan fingerprint density at radius 2 is 0.314 bits per heavy atom. The van der Waals surface area contributed by atoms with Crippen molar-refractivity contribution < 1.29 is 479 Å². The molecule has 0 aromatic rings.